The Hall–Kier alpha value is -2.82. The summed E-state index contributed by atoms with van der Waals surface area (Å²) in [5.41, 5.74) is 2.93. The first kappa shape index (κ1) is 20.9. The molecule has 0 N–H and O–H groups in total. The van der Waals surface area contributed by atoms with Crippen molar-refractivity contribution in [3.05, 3.63) is 65.2 Å². The Morgan fingerprint density at radius 2 is 1.69 bits per heavy atom. The van der Waals surface area contributed by atoms with Gasteiger partial charge in [-0.05, 0) is 53.6 Å². The molecule has 5 nitrogen and oxygen atoms in total. The smallest absolute Gasteiger partial charge is 0.328 e. The number of methoxy groups -OCH3 is 1. The summed E-state index contributed by atoms with van der Waals surface area (Å²) in [6, 6.07) is 15.0. The molecule has 1 fully saturated rings. The van der Waals surface area contributed by atoms with Gasteiger partial charge in [-0.2, -0.15) is 0 Å². The van der Waals surface area contributed by atoms with Gasteiger partial charge in [0.05, 0.1) is 7.11 Å². The van der Waals surface area contributed by atoms with E-state index in [1.54, 1.807) is 17.0 Å². The van der Waals surface area contributed by atoms with Crippen molar-refractivity contribution in [2.75, 3.05) is 13.7 Å². The van der Waals surface area contributed by atoms with Crippen LogP contribution in [0, 0.1) is 0 Å². The molecule has 3 rings (SSSR count). The highest BCUT2D eigenvalue weighted by Crippen LogP contribution is 2.25. The van der Waals surface area contributed by atoms with E-state index in [2.05, 4.69) is 32.9 Å². The number of ether oxygens (including phenoxy) is 2. The maximum atomic E-state index is 12.8. The van der Waals surface area contributed by atoms with Gasteiger partial charge >= 0.3 is 5.97 Å². The predicted octanol–water partition coefficient (Wildman–Crippen LogP) is 4.34. The van der Waals surface area contributed by atoms with E-state index in [0.29, 0.717) is 25.1 Å². The summed E-state index contributed by atoms with van der Waals surface area (Å²) in [6.45, 7) is 7.55. The molecule has 0 radical (unpaired) electrons. The summed E-state index contributed by atoms with van der Waals surface area (Å²) < 4.78 is 10.7. The number of benzene rings is 2. The molecule has 1 heterocycles. The normalized spacial score (nSPS) is 16.6. The van der Waals surface area contributed by atoms with Crippen molar-refractivity contribution >= 4 is 11.9 Å². The molecule has 1 atom stereocenters. The fraction of sp³-hybridized carbons (Fsp3) is 0.417. The lowest BCUT2D eigenvalue weighted by molar-refractivity contribution is -0.145. The molecular formula is C24H29NO4. The van der Waals surface area contributed by atoms with E-state index in [-0.39, 0.29) is 17.3 Å². The maximum absolute atomic E-state index is 12.8. The fourth-order valence-corrected chi connectivity index (χ4v) is 3.52. The summed E-state index contributed by atoms with van der Waals surface area (Å²) in [7, 11) is 1.36. The quantitative estimate of drug-likeness (QED) is 0.707. The van der Waals surface area contributed by atoms with Gasteiger partial charge in [0.2, 0.25) is 0 Å². The van der Waals surface area contributed by atoms with E-state index in [0.717, 1.165) is 17.7 Å². The van der Waals surface area contributed by atoms with Crippen LogP contribution in [-0.2, 0) is 21.6 Å². The van der Waals surface area contributed by atoms with Crippen LogP contribution in [0.3, 0.4) is 0 Å². The first-order chi connectivity index (χ1) is 13.8. The number of carbonyl (C=O) groups excluding carboxylic acids is 2. The van der Waals surface area contributed by atoms with Crippen molar-refractivity contribution in [3.8, 4) is 5.75 Å². The van der Waals surface area contributed by atoms with Crippen LogP contribution in [0.2, 0.25) is 0 Å². The van der Waals surface area contributed by atoms with E-state index in [1.165, 1.54) is 12.7 Å². The van der Waals surface area contributed by atoms with Crippen LogP contribution in [0.15, 0.2) is 48.5 Å². The molecule has 154 valence electrons. The molecule has 0 spiro atoms. The molecule has 5 heteroatoms. The number of hydrogen-bond donors (Lipinski definition) is 0. The van der Waals surface area contributed by atoms with Crippen LogP contribution in [0.5, 0.6) is 5.75 Å². The van der Waals surface area contributed by atoms with Gasteiger partial charge in [0.1, 0.15) is 18.4 Å². The van der Waals surface area contributed by atoms with Gasteiger partial charge in [0, 0.05) is 12.1 Å². The van der Waals surface area contributed by atoms with Gasteiger partial charge in [0.15, 0.2) is 0 Å². The topological polar surface area (TPSA) is 55.8 Å². The van der Waals surface area contributed by atoms with E-state index >= 15 is 0 Å². The molecule has 1 unspecified atom stereocenters. The molecule has 0 bridgehead atoms. The number of esters is 1. The minimum atomic E-state index is -0.480. The van der Waals surface area contributed by atoms with Crippen molar-refractivity contribution < 1.29 is 19.1 Å². The Labute approximate surface area is 172 Å². The highest BCUT2D eigenvalue weighted by molar-refractivity contribution is 5.97. The van der Waals surface area contributed by atoms with Gasteiger partial charge in [-0.25, -0.2) is 4.79 Å². The highest BCUT2D eigenvalue weighted by atomic mass is 16.5. The third-order valence-corrected chi connectivity index (χ3v) is 5.31. The molecule has 0 aliphatic carbocycles. The Kier molecular flexibility index (Phi) is 6.26. The Balaban J connectivity index is 1.60. The SMILES string of the molecule is COC(=O)C1CCCN1C(=O)c1ccc(COc2ccc(C(C)(C)C)cc2)cc1. The fourth-order valence-electron chi connectivity index (χ4n) is 3.52. The molecule has 1 aliphatic heterocycles. The van der Waals surface area contributed by atoms with E-state index in [1.807, 2.05) is 24.3 Å². The van der Waals surface area contributed by atoms with Crippen molar-refractivity contribution in [1.29, 1.82) is 0 Å². The number of likely N-dealkylation sites (tertiary alicyclic amines) is 1. The van der Waals surface area contributed by atoms with Crippen molar-refractivity contribution in [2.45, 2.75) is 51.7 Å². The van der Waals surface area contributed by atoms with E-state index < -0.39 is 6.04 Å². The summed E-state index contributed by atoms with van der Waals surface area (Å²) in [5.74, 6) is 0.331. The molecule has 1 amide bonds. The first-order valence-corrected chi connectivity index (χ1v) is 10.0. The summed E-state index contributed by atoms with van der Waals surface area (Å²) in [6.07, 6.45) is 1.46. The third kappa shape index (κ3) is 4.97. The van der Waals surface area contributed by atoms with Gasteiger partial charge in [0.25, 0.3) is 5.91 Å². The average molecular weight is 395 g/mol. The minimum Gasteiger partial charge on any atom is -0.489 e. The largest absolute Gasteiger partial charge is 0.489 e. The lowest BCUT2D eigenvalue weighted by Gasteiger charge is -2.22. The van der Waals surface area contributed by atoms with Crippen molar-refractivity contribution in [1.82, 2.24) is 4.90 Å². The van der Waals surface area contributed by atoms with E-state index in [4.69, 9.17) is 9.47 Å². The van der Waals surface area contributed by atoms with Crippen LogP contribution >= 0.6 is 0 Å². The Morgan fingerprint density at radius 1 is 1.03 bits per heavy atom. The molecular weight excluding hydrogens is 366 g/mol. The number of hydrogen-bond acceptors (Lipinski definition) is 4. The second kappa shape index (κ2) is 8.68. The first-order valence-electron chi connectivity index (χ1n) is 10.0. The van der Waals surface area contributed by atoms with Crippen molar-refractivity contribution in [2.24, 2.45) is 0 Å². The zero-order valence-corrected chi connectivity index (χ0v) is 17.6. The van der Waals surface area contributed by atoms with E-state index in [9.17, 15) is 9.59 Å². The summed E-state index contributed by atoms with van der Waals surface area (Å²) in [5, 5.41) is 0. The molecule has 2 aromatic rings. The molecule has 2 aromatic carbocycles. The van der Waals surface area contributed by atoms with Crippen LogP contribution in [0.4, 0.5) is 0 Å². The van der Waals surface area contributed by atoms with Crippen LogP contribution in [0.1, 0.15) is 55.1 Å². The average Bonchev–Trinajstić information content (AvgIpc) is 3.21. The predicted molar refractivity (Wildman–Crippen MR) is 112 cm³/mol. The van der Waals surface area contributed by atoms with Crippen LogP contribution in [0.25, 0.3) is 0 Å². The Bertz CT molecular complexity index is 850. The molecule has 1 aliphatic rings. The zero-order chi connectivity index (χ0) is 21.0. The maximum Gasteiger partial charge on any atom is 0.328 e. The van der Waals surface area contributed by atoms with Crippen LogP contribution in [-0.4, -0.2) is 36.5 Å². The molecule has 29 heavy (non-hydrogen) atoms. The van der Waals surface area contributed by atoms with Gasteiger partial charge < -0.3 is 14.4 Å². The number of amides is 1. The van der Waals surface area contributed by atoms with Gasteiger partial charge in [-0.3, -0.25) is 4.79 Å². The highest BCUT2D eigenvalue weighted by Gasteiger charge is 2.35. The second-order valence-corrected chi connectivity index (χ2v) is 8.44. The summed E-state index contributed by atoms with van der Waals surface area (Å²) >= 11 is 0. The van der Waals surface area contributed by atoms with Gasteiger partial charge in [-0.15, -0.1) is 0 Å². The molecule has 1 saturated heterocycles. The number of nitrogens with zero attached hydrogens (tertiary/aromatic N) is 1. The minimum absolute atomic E-state index is 0.114. The monoisotopic (exact) mass is 395 g/mol. The lowest BCUT2D eigenvalue weighted by atomic mass is 9.87. The zero-order valence-electron chi connectivity index (χ0n) is 17.6. The van der Waals surface area contributed by atoms with Crippen LogP contribution < -0.4 is 4.74 Å². The summed E-state index contributed by atoms with van der Waals surface area (Å²) in [4.78, 5) is 26.3. The Morgan fingerprint density at radius 3 is 2.28 bits per heavy atom. The molecule has 0 aromatic heterocycles. The number of rotatable bonds is 5. The lowest BCUT2D eigenvalue weighted by Crippen LogP contribution is -2.41. The standard InChI is InChI=1S/C24H29NO4/c1-24(2,3)19-11-13-20(14-12-19)29-16-17-7-9-18(10-8-17)22(26)25-15-5-6-21(25)23(27)28-4/h7-14,21H,5-6,15-16H2,1-4H3. The second-order valence-electron chi connectivity index (χ2n) is 8.44. The molecule has 0 saturated carbocycles. The van der Waals surface area contributed by atoms with Gasteiger partial charge in [-0.1, -0.05) is 45.0 Å². The number of carbonyl (C=O) groups is 2. The van der Waals surface area contributed by atoms with Crippen molar-refractivity contribution in [3.63, 3.8) is 0 Å². The third-order valence-electron chi connectivity index (χ3n) is 5.31.